The number of piperidine rings is 2. The van der Waals surface area contributed by atoms with Gasteiger partial charge in [-0.25, -0.2) is 0 Å². The van der Waals surface area contributed by atoms with Gasteiger partial charge in [0.1, 0.15) is 24.7 Å². The maximum atomic E-state index is 6.55. The van der Waals surface area contributed by atoms with Crippen LogP contribution in [0.15, 0.2) is 48.5 Å². The van der Waals surface area contributed by atoms with Crippen molar-refractivity contribution >= 4 is 21.5 Å². The zero-order valence-corrected chi connectivity index (χ0v) is 21.0. The van der Waals surface area contributed by atoms with Gasteiger partial charge in [0.05, 0.1) is 0 Å². The summed E-state index contributed by atoms with van der Waals surface area (Å²) < 4.78 is 13.1. The van der Waals surface area contributed by atoms with E-state index in [0.29, 0.717) is 25.3 Å². The molecule has 2 heterocycles. The molecule has 5 rings (SSSR count). The Morgan fingerprint density at radius 1 is 0.618 bits per heavy atom. The first-order valence-electron chi connectivity index (χ1n) is 13.4. The predicted octanol–water partition coefficient (Wildman–Crippen LogP) is 6.50. The van der Waals surface area contributed by atoms with E-state index in [1.165, 1.54) is 51.6 Å². The number of ether oxygens (including phenoxy) is 2. The van der Waals surface area contributed by atoms with E-state index in [9.17, 15) is 0 Å². The monoisotopic (exact) mass is 460 g/mol. The van der Waals surface area contributed by atoms with Gasteiger partial charge >= 0.3 is 0 Å². The lowest BCUT2D eigenvalue weighted by Gasteiger charge is -2.33. The first-order valence-corrected chi connectivity index (χ1v) is 13.4. The average molecular weight is 461 g/mol. The lowest BCUT2D eigenvalue weighted by molar-refractivity contribution is 0.133. The first kappa shape index (κ1) is 23.4. The minimum atomic E-state index is 0.657. The average Bonchev–Trinajstić information content (AvgIpc) is 2.87. The third-order valence-electron chi connectivity index (χ3n) is 7.96. The van der Waals surface area contributed by atoms with Crippen LogP contribution >= 0.6 is 0 Å². The highest BCUT2D eigenvalue weighted by Gasteiger charge is 2.21. The number of fused-ring (bicyclic) bond motifs is 2. The quantitative estimate of drug-likeness (QED) is 0.358. The standard InChI is InChI=1S/C30H40N2O2/c1-23-11-7-9-17-31(23)19-21-33-29-25-13-3-5-15-27(25)30(28-16-6-4-14-26(28)29)34-22-20-32-18-10-8-12-24(32)2/h3-6,13-16,23-24H,7-12,17-22H2,1-2H3. The molecule has 2 unspecified atom stereocenters. The molecule has 3 aromatic rings. The van der Waals surface area contributed by atoms with Gasteiger partial charge in [0.2, 0.25) is 0 Å². The summed E-state index contributed by atoms with van der Waals surface area (Å²) in [7, 11) is 0. The van der Waals surface area contributed by atoms with Crippen LogP contribution in [0.4, 0.5) is 0 Å². The van der Waals surface area contributed by atoms with E-state index in [1.54, 1.807) is 0 Å². The molecule has 0 bridgehead atoms. The maximum absolute atomic E-state index is 6.55. The lowest BCUT2D eigenvalue weighted by atomic mass is 10.0. The van der Waals surface area contributed by atoms with E-state index in [1.807, 2.05) is 0 Å². The van der Waals surface area contributed by atoms with E-state index in [2.05, 4.69) is 72.2 Å². The van der Waals surface area contributed by atoms with Gasteiger partial charge in [0.15, 0.2) is 0 Å². The third kappa shape index (κ3) is 5.04. The summed E-state index contributed by atoms with van der Waals surface area (Å²) in [6.07, 6.45) is 7.91. The van der Waals surface area contributed by atoms with Crippen LogP contribution in [-0.2, 0) is 0 Å². The fraction of sp³-hybridized carbons (Fsp3) is 0.533. The summed E-state index contributed by atoms with van der Waals surface area (Å²) in [6.45, 7) is 10.5. The number of hydrogen-bond acceptors (Lipinski definition) is 4. The van der Waals surface area contributed by atoms with Crippen LogP contribution in [0.3, 0.4) is 0 Å². The molecular weight excluding hydrogens is 420 g/mol. The molecule has 2 saturated heterocycles. The molecule has 2 atom stereocenters. The van der Waals surface area contributed by atoms with E-state index >= 15 is 0 Å². The van der Waals surface area contributed by atoms with Gasteiger partial charge in [-0.2, -0.15) is 0 Å². The van der Waals surface area contributed by atoms with Crippen LogP contribution in [0.1, 0.15) is 52.4 Å². The zero-order valence-electron chi connectivity index (χ0n) is 21.0. The second-order valence-electron chi connectivity index (χ2n) is 10.2. The van der Waals surface area contributed by atoms with Gasteiger partial charge in [0, 0.05) is 46.7 Å². The van der Waals surface area contributed by atoms with Crippen molar-refractivity contribution < 1.29 is 9.47 Å². The Morgan fingerprint density at radius 3 is 1.35 bits per heavy atom. The van der Waals surface area contributed by atoms with Crippen LogP contribution in [0.5, 0.6) is 11.5 Å². The van der Waals surface area contributed by atoms with Gasteiger partial charge in [-0.15, -0.1) is 0 Å². The molecule has 4 nitrogen and oxygen atoms in total. The Kier molecular flexibility index (Phi) is 7.56. The van der Waals surface area contributed by atoms with Crippen LogP contribution in [0.25, 0.3) is 21.5 Å². The molecule has 0 aromatic heterocycles. The fourth-order valence-electron chi connectivity index (χ4n) is 5.87. The number of nitrogens with zero attached hydrogens (tertiary/aromatic N) is 2. The van der Waals surface area contributed by atoms with Gasteiger partial charge in [-0.05, 0) is 52.6 Å². The molecule has 3 aromatic carbocycles. The van der Waals surface area contributed by atoms with Crippen molar-refractivity contribution in [1.82, 2.24) is 9.80 Å². The smallest absolute Gasteiger partial charge is 0.135 e. The molecule has 2 aliphatic heterocycles. The first-order chi connectivity index (χ1) is 16.7. The molecule has 0 saturated carbocycles. The Morgan fingerprint density at radius 2 is 1.00 bits per heavy atom. The molecule has 0 N–H and O–H groups in total. The van der Waals surface area contributed by atoms with E-state index in [-0.39, 0.29) is 0 Å². The summed E-state index contributed by atoms with van der Waals surface area (Å²) in [5.74, 6) is 1.99. The van der Waals surface area contributed by atoms with Gasteiger partial charge in [-0.3, -0.25) is 9.80 Å². The van der Waals surface area contributed by atoms with E-state index < -0.39 is 0 Å². The molecule has 182 valence electrons. The summed E-state index contributed by atoms with van der Waals surface area (Å²) in [5, 5.41) is 4.59. The normalized spacial score (nSPS) is 22.3. The van der Waals surface area contributed by atoms with Crippen LogP contribution in [-0.4, -0.2) is 61.3 Å². The molecule has 2 fully saturated rings. The highest BCUT2D eigenvalue weighted by atomic mass is 16.5. The third-order valence-corrected chi connectivity index (χ3v) is 7.96. The Labute approximate surface area is 204 Å². The Balaban J connectivity index is 1.39. The molecular formula is C30H40N2O2. The molecule has 0 spiro atoms. The van der Waals surface area contributed by atoms with Crippen molar-refractivity contribution in [1.29, 1.82) is 0 Å². The number of rotatable bonds is 8. The largest absolute Gasteiger partial charge is 0.491 e. The van der Waals surface area contributed by atoms with Crippen molar-refractivity contribution in [2.45, 2.75) is 64.5 Å². The number of benzene rings is 3. The van der Waals surface area contributed by atoms with Crippen molar-refractivity contribution in [2.24, 2.45) is 0 Å². The number of hydrogen-bond donors (Lipinski definition) is 0. The summed E-state index contributed by atoms with van der Waals surface area (Å²) in [4.78, 5) is 5.15. The van der Waals surface area contributed by atoms with Crippen LogP contribution in [0, 0.1) is 0 Å². The number of likely N-dealkylation sites (tertiary alicyclic amines) is 2. The topological polar surface area (TPSA) is 24.9 Å². The predicted molar refractivity (Wildman–Crippen MR) is 142 cm³/mol. The van der Waals surface area contributed by atoms with Crippen LogP contribution < -0.4 is 9.47 Å². The van der Waals surface area contributed by atoms with Crippen molar-refractivity contribution in [3.63, 3.8) is 0 Å². The van der Waals surface area contributed by atoms with Gasteiger partial charge in [-0.1, -0.05) is 61.4 Å². The van der Waals surface area contributed by atoms with Gasteiger partial charge < -0.3 is 9.47 Å². The molecule has 34 heavy (non-hydrogen) atoms. The minimum Gasteiger partial charge on any atom is -0.491 e. The molecule has 0 aliphatic carbocycles. The molecule has 0 radical (unpaired) electrons. The molecule has 2 aliphatic rings. The van der Waals surface area contributed by atoms with Crippen LogP contribution in [0.2, 0.25) is 0 Å². The maximum Gasteiger partial charge on any atom is 0.135 e. The molecule has 0 amide bonds. The Hall–Kier alpha value is -2.30. The fourth-order valence-corrected chi connectivity index (χ4v) is 5.87. The zero-order chi connectivity index (χ0) is 23.3. The highest BCUT2D eigenvalue weighted by Crippen LogP contribution is 2.42. The second kappa shape index (κ2) is 11.0. The SMILES string of the molecule is CC1CCCCN1CCOc1c2ccccc2c(OCCN2CCCCC2C)c2ccccc12. The second-order valence-corrected chi connectivity index (χ2v) is 10.2. The lowest BCUT2D eigenvalue weighted by Crippen LogP contribution is -2.40. The molecule has 4 heteroatoms. The summed E-state index contributed by atoms with van der Waals surface area (Å²) in [5.41, 5.74) is 0. The highest BCUT2D eigenvalue weighted by molar-refractivity contribution is 6.11. The Bertz CT molecular complexity index is 955. The van der Waals surface area contributed by atoms with Crippen molar-refractivity contribution in [2.75, 3.05) is 39.4 Å². The minimum absolute atomic E-state index is 0.657. The summed E-state index contributed by atoms with van der Waals surface area (Å²) in [6, 6.07) is 18.5. The summed E-state index contributed by atoms with van der Waals surface area (Å²) >= 11 is 0. The van der Waals surface area contributed by atoms with Crippen molar-refractivity contribution in [3.05, 3.63) is 48.5 Å². The van der Waals surface area contributed by atoms with E-state index in [0.717, 1.165) is 46.1 Å². The van der Waals surface area contributed by atoms with Crippen molar-refractivity contribution in [3.8, 4) is 11.5 Å². The van der Waals surface area contributed by atoms with E-state index in [4.69, 9.17) is 9.47 Å². The van der Waals surface area contributed by atoms with Gasteiger partial charge in [0.25, 0.3) is 0 Å².